The summed E-state index contributed by atoms with van der Waals surface area (Å²) < 4.78 is 12.1. The van der Waals surface area contributed by atoms with E-state index in [4.69, 9.17) is 9.47 Å². The van der Waals surface area contributed by atoms with Gasteiger partial charge in [0, 0.05) is 5.92 Å². The number of hydrogen-bond donors (Lipinski definition) is 0. The number of hydrogen-bond acceptors (Lipinski definition) is 3. The van der Waals surface area contributed by atoms with Crippen molar-refractivity contribution >= 4 is 5.97 Å². The average Bonchev–Trinajstić information content (AvgIpc) is 2.83. The van der Waals surface area contributed by atoms with Gasteiger partial charge in [0.05, 0.1) is 12.0 Å². The fraction of sp³-hybridized carbons (Fsp3) is 0.682. The zero-order chi connectivity index (χ0) is 18.0. The third-order valence-electron chi connectivity index (χ3n) is 6.18. The fourth-order valence-electron chi connectivity index (χ4n) is 4.45. The van der Waals surface area contributed by atoms with Crippen LogP contribution >= 0.6 is 0 Å². The van der Waals surface area contributed by atoms with Crippen LogP contribution in [0.5, 0.6) is 0 Å². The lowest BCUT2D eigenvalue weighted by Gasteiger charge is -2.39. The molecule has 25 heavy (non-hydrogen) atoms. The predicted octanol–water partition coefficient (Wildman–Crippen LogP) is 4.84. The summed E-state index contributed by atoms with van der Waals surface area (Å²) in [6.45, 7) is 8.84. The monoisotopic (exact) mass is 344 g/mol. The number of ether oxygens (including phenoxy) is 2. The van der Waals surface area contributed by atoms with Crippen molar-refractivity contribution in [1.82, 2.24) is 0 Å². The van der Waals surface area contributed by atoms with Crippen LogP contribution in [0, 0.1) is 29.6 Å². The molecule has 0 amide bonds. The Hall–Kier alpha value is -1.35. The van der Waals surface area contributed by atoms with Gasteiger partial charge in [0.25, 0.3) is 0 Å². The molecule has 0 N–H and O–H groups in total. The minimum Gasteiger partial charge on any atom is -0.435 e. The third-order valence-corrected chi connectivity index (χ3v) is 6.18. The molecule has 1 aliphatic carbocycles. The summed E-state index contributed by atoms with van der Waals surface area (Å²) in [4.78, 5) is 12.2. The van der Waals surface area contributed by atoms with Gasteiger partial charge in [-0.25, -0.2) is 0 Å². The first-order chi connectivity index (χ1) is 12.0. The molecule has 1 saturated heterocycles. The van der Waals surface area contributed by atoms with Crippen LogP contribution in [0.15, 0.2) is 30.3 Å². The predicted molar refractivity (Wildman–Crippen MR) is 98.9 cm³/mol. The van der Waals surface area contributed by atoms with E-state index in [9.17, 15) is 4.79 Å². The Morgan fingerprint density at radius 2 is 1.88 bits per heavy atom. The van der Waals surface area contributed by atoms with Crippen LogP contribution in [0.2, 0.25) is 0 Å². The number of carbonyl (C=O) groups excluding carboxylic acids is 1. The summed E-state index contributed by atoms with van der Waals surface area (Å²) in [5.41, 5.74) is 1.24. The minimum absolute atomic E-state index is 0.0972. The average molecular weight is 344 g/mol. The zero-order valence-electron chi connectivity index (χ0n) is 16.0. The van der Waals surface area contributed by atoms with Crippen molar-refractivity contribution < 1.29 is 14.3 Å². The minimum atomic E-state index is -0.403. The van der Waals surface area contributed by atoms with E-state index in [1.807, 2.05) is 25.1 Å². The van der Waals surface area contributed by atoms with E-state index in [0.717, 1.165) is 12.8 Å². The number of cyclic esters (lactones) is 1. The standard InChI is InChI=1S/C22H32O3/c1-14(2)18-11-10-15(3)12-20(18)24-22-19(16(4)21(23)25-22)13-17-8-6-5-7-9-17/h5-9,14-16,18-20,22H,10-13H2,1-4H3/t15-,16-,18+,19-,20-,22-/m1/s1. The molecule has 0 unspecified atom stereocenters. The Morgan fingerprint density at radius 1 is 1.16 bits per heavy atom. The van der Waals surface area contributed by atoms with Crippen LogP contribution < -0.4 is 0 Å². The highest BCUT2D eigenvalue weighted by Gasteiger charge is 2.45. The zero-order valence-corrected chi connectivity index (χ0v) is 16.0. The molecule has 1 saturated carbocycles. The molecule has 138 valence electrons. The van der Waals surface area contributed by atoms with Crippen LogP contribution in [0.25, 0.3) is 0 Å². The maximum absolute atomic E-state index is 12.2. The van der Waals surface area contributed by atoms with Crippen molar-refractivity contribution in [2.45, 2.75) is 65.8 Å². The lowest BCUT2D eigenvalue weighted by molar-refractivity contribution is -0.195. The van der Waals surface area contributed by atoms with E-state index in [-0.39, 0.29) is 23.9 Å². The summed E-state index contributed by atoms with van der Waals surface area (Å²) in [6, 6.07) is 10.3. The molecule has 1 heterocycles. The van der Waals surface area contributed by atoms with Gasteiger partial charge >= 0.3 is 5.97 Å². The third kappa shape index (κ3) is 4.25. The Morgan fingerprint density at radius 3 is 2.56 bits per heavy atom. The van der Waals surface area contributed by atoms with E-state index >= 15 is 0 Å². The second-order valence-electron chi connectivity index (χ2n) is 8.45. The quantitative estimate of drug-likeness (QED) is 0.717. The fourth-order valence-corrected chi connectivity index (χ4v) is 4.45. The molecular formula is C22H32O3. The van der Waals surface area contributed by atoms with E-state index in [0.29, 0.717) is 17.8 Å². The summed E-state index contributed by atoms with van der Waals surface area (Å²) in [5.74, 6) is 1.71. The van der Waals surface area contributed by atoms with Crippen molar-refractivity contribution in [3.63, 3.8) is 0 Å². The van der Waals surface area contributed by atoms with Crippen LogP contribution in [0.3, 0.4) is 0 Å². The molecule has 3 heteroatoms. The van der Waals surface area contributed by atoms with Gasteiger partial charge in [-0.2, -0.15) is 0 Å². The molecular weight excluding hydrogens is 312 g/mol. The molecule has 1 aromatic carbocycles. The molecule has 2 fully saturated rings. The highest BCUT2D eigenvalue weighted by atomic mass is 16.7. The Bertz CT molecular complexity index is 568. The van der Waals surface area contributed by atoms with Crippen molar-refractivity contribution in [3.8, 4) is 0 Å². The van der Waals surface area contributed by atoms with Gasteiger partial charge in [-0.15, -0.1) is 0 Å². The molecule has 6 atom stereocenters. The Kier molecular flexibility index (Phi) is 5.83. The molecule has 0 aromatic heterocycles. The summed E-state index contributed by atoms with van der Waals surface area (Å²) in [6.07, 6.45) is 4.18. The summed E-state index contributed by atoms with van der Waals surface area (Å²) in [7, 11) is 0. The maximum Gasteiger partial charge on any atom is 0.311 e. The first-order valence-corrected chi connectivity index (χ1v) is 9.85. The lowest BCUT2D eigenvalue weighted by Crippen LogP contribution is -2.39. The van der Waals surface area contributed by atoms with Gasteiger partial charge in [-0.3, -0.25) is 4.79 Å². The molecule has 0 radical (unpaired) electrons. The van der Waals surface area contributed by atoms with E-state index in [1.54, 1.807) is 0 Å². The molecule has 1 aromatic rings. The summed E-state index contributed by atoms with van der Waals surface area (Å²) in [5, 5.41) is 0. The second kappa shape index (κ2) is 7.90. The van der Waals surface area contributed by atoms with Crippen LogP contribution in [-0.4, -0.2) is 18.4 Å². The molecule has 3 nitrogen and oxygen atoms in total. The summed E-state index contributed by atoms with van der Waals surface area (Å²) >= 11 is 0. The van der Waals surface area contributed by atoms with Gasteiger partial charge in [0.15, 0.2) is 0 Å². The van der Waals surface area contributed by atoms with Crippen LogP contribution in [0.4, 0.5) is 0 Å². The number of esters is 1. The van der Waals surface area contributed by atoms with E-state index in [1.165, 1.54) is 18.4 Å². The molecule has 0 bridgehead atoms. The van der Waals surface area contributed by atoms with Crippen LogP contribution in [0.1, 0.15) is 52.5 Å². The van der Waals surface area contributed by atoms with Gasteiger partial charge in [-0.1, -0.05) is 64.4 Å². The molecule has 1 aliphatic heterocycles. The smallest absolute Gasteiger partial charge is 0.311 e. The van der Waals surface area contributed by atoms with Crippen molar-refractivity contribution in [2.24, 2.45) is 29.6 Å². The highest BCUT2D eigenvalue weighted by molar-refractivity contribution is 5.74. The van der Waals surface area contributed by atoms with Crippen molar-refractivity contribution in [1.29, 1.82) is 0 Å². The molecule has 2 aliphatic rings. The normalized spacial score (nSPS) is 35.8. The SMILES string of the molecule is CC(C)[C@@H]1CC[C@@H](C)C[C@H]1O[C@@H]1OC(=O)[C@H](C)[C@H]1Cc1ccccc1. The van der Waals surface area contributed by atoms with E-state index in [2.05, 4.69) is 32.9 Å². The number of benzene rings is 1. The molecule has 3 rings (SSSR count). The van der Waals surface area contributed by atoms with Gasteiger partial charge in [0.1, 0.15) is 0 Å². The largest absolute Gasteiger partial charge is 0.435 e. The number of rotatable bonds is 5. The van der Waals surface area contributed by atoms with E-state index < -0.39 is 6.29 Å². The Labute approximate surface area is 152 Å². The van der Waals surface area contributed by atoms with Gasteiger partial charge < -0.3 is 9.47 Å². The first kappa shape index (κ1) is 18.4. The highest BCUT2D eigenvalue weighted by Crippen LogP contribution is 2.39. The Balaban J connectivity index is 1.73. The lowest BCUT2D eigenvalue weighted by atomic mass is 9.75. The van der Waals surface area contributed by atoms with Gasteiger partial charge in [-0.05, 0) is 42.6 Å². The van der Waals surface area contributed by atoms with Crippen molar-refractivity contribution in [2.75, 3.05) is 0 Å². The van der Waals surface area contributed by atoms with Gasteiger partial charge in [0.2, 0.25) is 6.29 Å². The molecule has 0 spiro atoms. The topological polar surface area (TPSA) is 35.5 Å². The maximum atomic E-state index is 12.2. The number of carbonyl (C=O) groups is 1. The first-order valence-electron chi connectivity index (χ1n) is 9.85. The van der Waals surface area contributed by atoms with Crippen LogP contribution in [-0.2, 0) is 20.7 Å². The van der Waals surface area contributed by atoms with Crippen molar-refractivity contribution in [3.05, 3.63) is 35.9 Å². The second-order valence-corrected chi connectivity index (χ2v) is 8.45.